The molecule has 0 fully saturated rings. The highest BCUT2D eigenvalue weighted by molar-refractivity contribution is 7.59. The van der Waals surface area contributed by atoms with Gasteiger partial charge in [-0.2, -0.15) is 0 Å². The van der Waals surface area contributed by atoms with Crippen LogP contribution in [0.5, 0.6) is 0 Å². The van der Waals surface area contributed by atoms with Crippen molar-refractivity contribution in [3.63, 3.8) is 0 Å². The van der Waals surface area contributed by atoms with E-state index in [2.05, 4.69) is 27.7 Å². The predicted molar refractivity (Wildman–Crippen MR) is 75.0 cm³/mol. The normalized spacial score (nSPS) is 19.4. The van der Waals surface area contributed by atoms with Gasteiger partial charge in [0.2, 0.25) is 7.37 Å². The monoisotopic (exact) mass is 258 g/mol. The molecule has 0 bridgehead atoms. The van der Waals surface area contributed by atoms with Crippen molar-refractivity contribution in [2.45, 2.75) is 53.4 Å². The highest BCUT2D eigenvalue weighted by atomic mass is 31.2. The Labute approximate surface area is 106 Å². The molecular formula is C14H27O2P. The highest BCUT2D eigenvalue weighted by Gasteiger charge is 2.30. The van der Waals surface area contributed by atoms with Crippen LogP contribution in [0.2, 0.25) is 0 Å². The summed E-state index contributed by atoms with van der Waals surface area (Å²) >= 11 is 0. The smallest absolute Gasteiger partial charge is 0.211 e. The zero-order valence-electron chi connectivity index (χ0n) is 11.8. The Bertz CT molecular complexity index is 300. The van der Waals surface area contributed by atoms with Crippen molar-refractivity contribution >= 4 is 7.37 Å². The average Bonchev–Trinajstić information content (AvgIpc) is 2.47. The molecule has 0 atom stereocenters. The topological polar surface area (TPSA) is 26.3 Å². The average molecular weight is 258 g/mol. The van der Waals surface area contributed by atoms with Crippen LogP contribution in [0, 0.1) is 5.92 Å². The summed E-state index contributed by atoms with van der Waals surface area (Å²) in [5, 5.41) is 0. The van der Waals surface area contributed by atoms with Crippen molar-refractivity contribution in [2.75, 3.05) is 18.9 Å². The second-order valence-corrected chi connectivity index (χ2v) is 8.29. The quantitative estimate of drug-likeness (QED) is 0.371. The molecule has 0 aliphatic carbocycles. The Hall–Kier alpha value is -0.0700. The summed E-state index contributed by atoms with van der Waals surface area (Å²) in [5.41, 5.74) is 2.54. The summed E-state index contributed by atoms with van der Waals surface area (Å²) in [6.07, 6.45) is 6.17. The summed E-state index contributed by atoms with van der Waals surface area (Å²) < 4.78 is 18.0. The molecule has 1 aliphatic rings. The molecule has 0 saturated heterocycles. The number of hydrogen-bond donors (Lipinski definition) is 0. The molecule has 1 aliphatic heterocycles. The van der Waals surface area contributed by atoms with Gasteiger partial charge in [-0.1, -0.05) is 44.3 Å². The molecule has 0 aromatic carbocycles. The van der Waals surface area contributed by atoms with E-state index in [1.165, 1.54) is 30.4 Å². The minimum atomic E-state index is -2.32. The molecule has 17 heavy (non-hydrogen) atoms. The van der Waals surface area contributed by atoms with Gasteiger partial charge in [0.05, 0.1) is 6.61 Å². The minimum absolute atomic E-state index is 0.677. The van der Waals surface area contributed by atoms with Gasteiger partial charge >= 0.3 is 0 Å². The Morgan fingerprint density at radius 3 is 2.24 bits per heavy atom. The van der Waals surface area contributed by atoms with E-state index in [1.807, 2.05) is 0 Å². The van der Waals surface area contributed by atoms with Crippen LogP contribution in [-0.4, -0.2) is 18.9 Å². The summed E-state index contributed by atoms with van der Waals surface area (Å²) in [7, 11) is -2.32. The van der Waals surface area contributed by atoms with Crippen LogP contribution in [0.1, 0.15) is 53.4 Å². The van der Waals surface area contributed by atoms with Crippen LogP contribution in [0.4, 0.5) is 0 Å². The second kappa shape index (κ2) is 6.75. The van der Waals surface area contributed by atoms with E-state index in [1.54, 1.807) is 0 Å². The van der Waals surface area contributed by atoms with Crippen molar-refractivity contribution < 1.29 is 9.09 Å². The lowest BCUT2D eigenvalue weighted by Gasteiger charge is -2.13. The molecule has 0 aromatic heterocycles. The van der Waals surface area contributed by atoms with E-state index in [0.29, 0.717) is 18.9 Å². The van der Waals surface area contributed by atoms with Gasteiger partial charge in [0.15, 0.2) is 0 Å². The number of allylic oxidation sites excluding steroid dienone is 2. The molecule has 1 heterocycles. The standard InChI is InChI=1S/C14H27O2P/c1-12(2)8-6-5-7-9-16-17(15)10-13(3)14(4)11-17/h12H,5-11H2,1-4H3. The summed E-state index contributed by atoms with van der Waals surface area (Å²) in [5.74, 6) is 0.790. The molecule has 0 N–H and O–H groups in total. The Balaban J connectivity index is 2.10. The van der Waals surface area contributed by atoms with E-state index in [0.717, 1.165) is 12.3 Å². The van der Waals surface area contributed by atoms with E-state index < -0.39 is 7.37 Å². The Kier molecular flexibility index (Phi) is 5.95. The second-order valence-electron chi connectivity index (χ2n) is 5.77. The van der Waals surface area contributed by atoms with Crippen LogP contribution in [0.15, 0.2) is 11.1 Å². The largest absolute Gasteiger partial charge is 0.328 e. The first kappa shape index (κ1) is 15.0. The predicted octanol–water partition coefficient (Wildman–Crippen LogP) is 4.85. The van der Waals surface area contributed by atoms with Crippen molar-refractivity contribution in [3.8, 4) is 0 Å². The van der Waals surface area contributed by atoms with Crippen molar-refractivity contribution in [2.24, 2.45) is 5.92 Å². The highest BCUT2D eigenvalue weighted by Crippen LogP contribution is 2.54. The first-order chi connectivity index (χ1) is 7.93. The van der Waals surface area contributed by atoms with Crippen LogP contribution >= 0.6 is 7.37 Å². The van der Waals surface area contributed by atoms with Gasteiger partial charge in [0.1, 0.15) is 0 Å². The maximum absolute atomic E-state index is 12.3. The molecule has 0 saturated carbocycles. The molecule has 0 aromatic rings. The molecule has 100 valence electrons. The van der Waals surface area contributed by atoms with Gasteiger partial charge < -0.3 is 4.52 Å². The Morgan fingerprint density at radius 2 is 1.71 bits per heavy atom. The lowest BCUT2D eigenvalue weighted by atomic mass is 10.1. The van der Waals surface area contributed by atoms with E-state index in [4.69, 9.17) is 4.52 Å². The Morgan fingerprint density at radius 1 is 1.12 bits per heavy atom. The molecule has 0 amide bonds. The van der Waals surface area contributed by atoms with E-state index in [-0.39, 0.29) is 0 Å². The number of hydrogen-bond acceptors (Lipinski definition) is 2. The van der Waals surface area contributed by atoms with Gasteiger partial charge in [-0.15, -0.1) is 0 Å². The first-order valence-corrected chi connectivity index (χ1v) is 8.80. The molecule has 0 spiro atoms. The van der Waals surface area contributed by atoms with E-state index >= 15 is 0 Å². The fraction of sp³-hybridized carbons (Fsp3) is 0.857. The maximum atomic E-state index is 12.3. The third-order valence-electron chi connectivity index (χ3n) is 3.44. The van der Waals surface area contributed by atoms with Crippen LogP contribution in [0.3, 0.4) is 0 Å². The molecular weight excluding hydrogens is 231 g/mol. The summed E-state index contributed by atoms with van der Waals surface area (Å²) in [4.78, 5) is 0. The van der Waals surface area contributed by atoms with Crippen LogP contribution in [0.25, 0.3) is 0 Å². The van der Waals surface area contributed by atoms with Gasteiger partial charge in [0.25, 0.3) is 0 Å². The summed E-state index contributed by atoms with van der Waals surface area (Å²) in [6, 6.07) is 0. The van der Waals surface area contributed by atoms with Gasteiger partial charge in [0, 0.05) is 12.3 Å². The molecule has 1 rings (SSSR count). The molecule has 2 nitrogen and oxygen atoms in total. The number of unbranched alkanes of at least 4 members (excludes halogenated alkanes) is 2. The third-order valence-corrected chi connectivity index (χ3v) is 6.00. The van der Waals surface area contributed by atoms with Crippen LogP contribution in [-0.2, 0) is 9.09 Å². The van der Waals surface area contributed by atoms with Crippen molar-refractivity contribution in [1.82, 2.24) is 0 Å². The van der Waals surface area contributed by atoms with Gasteiger partial charge in [-0.3, -0.25) is 4.57 Å². The fourth-order valence-corrected chi connectivity index (χ4v) is 4.94. The van der Waals surface area contributed by atoms with Gasteiger partial charge in [-0.05, 0) is 26.2 Å². The maximum Gasteiger partial charge on any atom is 0.211 e. The van der Waals surface area contributed by atoms with Crippen LogP contribution < -0.4 is 0 Å². The van der Waals surface area contributed by atoms with Gasteiger partial charge in [-0.25, -0.2) is 0 Å². The number of rotatable bonds is 7. The minimum Gasteiger partial charge on any atom is -0.328 e. The zero-order chi connectivity index (χ0) is 12.9. The fourth-order valence-electron chi connectivity index (χ4n) is 2.20. The lowest BCUT2D eigenvalue weighted by Crippen LogP contribution is -1.97. The first-order valence-electron chi connectivity index (χ1n) is 6.81. The van der Waals surface area contributed by atoms with Crippen molar-refractivity contribution in [1.29, 1.82) is 0 Å². The SMILES string of the molecule is CC1=C(C)CP(=O)(OCCCCCC(C)C)C1. The lowest BCUT2D eigenvalue weighted by molar-refractivity contribution is 0.304. The summed E-state index contributed by atoms with van der Waals surface area (Å²) in [6.45, 7) is 9.33. The third kappa shape index (κ3) is 5.40. The molecule has 0 radical (unpaired) electrons. The zero-order valence-corrected chi connectivity index (χ0v) is 12.7. The molecule has 0 unspecified atom stereocenters. The molecule has 3 heteroatoms. The van der Waals surface area contributed by atoms with Crippen molar-refractivity contribution in [3.05, 3.63) is 11.1 Å². The van der Waals surface area contributed by atoms with E-state index in [9.17, 15) is 4.57 Å².